The van der Waals surface area contributed by atoms with Crippen molar-refractivity contribution in [1.82, 2.24) is 4.90 Å². The van der Waals surface area contributed by atoms with Crippen LogP contribution in [0.25, 0.3) is 0 Å². The molecular weight excluding hydrogens is 329 g/mol. The Morgan fingerprint density at radius 1 is 1.16 bits per heavy atom. The number of benzene rings is 2. The number of anilines is 1. The zero-order valence-corrected chi connectivity index (χ0v) is 13.8. The van der Waals surface area contributed by atoms with Crippen molar-refractivity contribution in [3.05, 3.63) is 65.2 Å². The predicted molar refractivity (Wildman–Crippen MR) is 90.2 cm³/mol. The highest BCUT2D eigenvalue weighted by atomic mass is 19.4. The average molecular weight is 348 g/mol. The number of hydrogen-bond donors (Lipinski definition) is 1. The molecule has 132 valence electrons. The largest absolute Gasteiger partial charge is 0.416 e. The third-order valence-electron chi connectivity index (χ3n) is 4.52. The van der Waals surface area contributed by atoms with Crippen molar-refractivity contribution in [2.45, 2.75) is 25.1 Å². The predicted octanol–water partition coefficient (Wildman–Crippen LogP) is 4.26. The van der Waals surface area contributed by atoms with E-state index in [0.29, 0.717) is 5.69 Å². The molecule has 0 aliphatic heterocycles. The van der Waals surface area contributed by atoms with Gasteiger partial charge >= 0.3 is 6.18 Å². The fourth-order valence-electron chi connectivity index (χ4n) is 3.27. The Kier molecular flexibility index (Phi) is 4.81. The first kappa shape index (κ1) is 17.5. The van der Waals surface area contributed by atoms with Crippen molar-refractivity contribution >= 4 is 11.6 Å². The Labute approximate surface area is 144 Å². The number of carbonyl (C=O) groups is 1. The van der Waals surface area contributed by atoms with Gasteiger partial charge in [-0.25, -0.2) is 0 Å². The molecule has 0 aromatic heterocycles. The number of alkyl halides is 3. The van der Waals surface area contributed by atoms with Crippen LogP contribution in [0.5, 0.6) is 0 Å². The van der Waals surface area contributed by atoms with Gasteiger partial charge in [0, 0.05) is 11.7 Å². The molecule has 1 aliphatic carbocycles. The molecule has 1 aliphatic rings. The summed E-state index contributed by atoms with van der Waals surface area (Å²) in [5.74, 6) is -0.244. The smallest absolute Gasteiger partial charge is 0.325 e. The van der Waals surface area contributed by atoms with Gasteiger partial charge in [0.25, 0.3) is 0 Å². The SMILES string of the molecule is CN(CC(=O)Nc1ccc(C(F)(F)F)cc1)[C@@H]1CCc2ccccc21. The van der Waals surface area contributed by atoms with Crippen LogP contribution in [0.4, 0.5) is 18.9 Å². The van der Waals surface area contributed by atoms with E-state index in [9.17, 15) is 18.0 Å². The van der Waals surface area contributed by atoms with Crippen molar-refractivity contribution in [2.24, 2.45) is 0 Å². The standard InChI is InChI=1S/C19H19F3N2O/c1-24(17-11-6-13-4-2-3-5-16(13)17)12-18(25)23-15-9-7-14(8-10-15)19(20,21)22/h2-5,7-10,17H,6,11-12H2,1H3,(H,23,25)/t17-/m1/s1. The minimum atomic E-state index is -4.38. The number of rotatable bonds is 4. The van der Waals surface area contributed by atoms with E-state index in [1.165, 1.54) is 23.3 Å². The second-order valence-electron chi connectivity index (χ2n) is 6.29. The quantitative estimate of drug-likeness (QED) is 0.895. The van der Waals surface area contributed by atoms with E-state index in [0.717, 1.165) is 25.0 Å². The number of fused-ring (bicyclic) bond motifs is 1. The van der Waals surface area contributed by atoms with Crippen molar-refractivity contribution < 1.29 is 18.0 Å². The third-order valence-corrected chi connectivity index (χ3v) is 4.52. The first-order chi connectivity index (χ1) is 11.8. The van der Waals surface area contributed by atoms with Gasteiger partial charge in [0.2, 0.25) is 5.91 Å². The van der Waals surface area contributed by atoms with Gasteiger partial charge in [-0.3, -0.25) is 9.69 Å². The Hall–Kier alpha value is -2.34. The summed E-state index contributed by atoms with van der Waals surface area (Å²) in [4.78, 5) is 14.2. The van der Waals surface area contributed by atoms with Crippen LogP contribution in [0.3, 0.4) is 0 Å². The van der Waals surface area contributed by atoms with Gasteiger partial charge in [-0.2, -0.15) is 13.2 Å². The summed E-state index contributed by atoms with van der Waals surface area (Å²) in [6.45, 7) is 0.181. The first-order valence-corrected chi connectivity index (χ1v) is 8.10. The zero-order valence-electron chi connectivity index (χ0n) is 13.8. The van der Waals surface area contributed by atoms with Crippen molar-refractivity contribution in [3.8, 4) is 0 Å². The molecule has 0 saturated heterocycles. The van der Waals surface area contributed by atoms with Crippen molar-refractivity contribution in [2.75, 3.05) is 18.9 Å². The van der Waals surface area contributed by atoms with Crippen LogP contribution in [0.15, 0.2) is 48.5 Å². The lowest BCUT2D eigenvalue weighted by molar-refractivity contribution is -0.137. The van der Waals surface area contributed by atoms with Gasteiger partial charge in [0.15, 0.2) is 0 Å². The van der Waals surface area contributed by atoms with Crippen LogP contribution < -0.4 is 5.32 Å². The fourth-order valence-corrected chi connectivity index (χ4v) is 3.27. The molecule has 1 N–H and O–H groups in total. The number of hydrogen-bond acceptors (Lipinski definition) is 2. The second-order valence-corrected chi connectivity index (χ2v) is 6.29. The molecule has 25 heavy (non-hydrogen) atoms. The van der Waals surface area contributed by atoms with E-state index in [1.807, 2.05) is 24.1 Å². The number of nitrogens with one attached hydrogen (secondary N) is 1. The number of halogens is 3. The van der Waals surface area contributed by atoms with Crippen LogP contribution in [0, 0.1) is 0 Å². The Morgan fingerprint density at radius 2 is 1.84 bits per heavy atom. The summed E-state index contributed by atoms with van der Waals surface area (Å²) in [6, 6.07) is 12.8. The van der Waals surface area contributed by atoms with E-state index < -0.39 is 11.7 Å². The molecule has 0 heterocycles. The van der Waals surface area contributed by atoms with E-state index >= 15 is 0 Å². The molecule has 0 fully saturated rings. The number of likely N-dealkylation sites (N-methyl/N-ethyl adjacent to an activating group) is 1. The molecule has 1 atom stereocenters. The van der Waals surface area contributed by atoms with Crippen molar-refractivity contribution in [3.63, 3.8) is 0 Å². The number of amides is 1. The van der Waals surface area contributed by atoms with Crippen molar-refractivity contribution in [1.29, 1.82) is 0 Å². The van der Waals surface area contributed by atoms with Gasteiger partial charge < -0.3 is 5.32 Å². The number of nitrogens with zero attached hydrogens (tertiary/aromatic N) is 1. The van der Waals surface area contributed by atoms with E-state index in [-0.39, 0.29) is 18.5 Å². The Balaban J connectivity index is 1.59. The molecule has 0 spiro atoms. The maximum Gasteiger partial charge on any atom is 0.416 e. The summed E-state index contributed by atoms with van der Waals surface area (Å²) in [5.41, 5.74) is 2.18. The van der Waals surface area contributed by atoms with Gasteiger partial charge in [0.05, 0.1) is 12.1 Å². The molecule has 3 rings (SSSR count). The molecule has 0 unspecified atom stereocenters. The number of carbonyl (C=O) groups excluding carboxylic acids is 1. The highest BCUT2D eigenvalue weighted by Crippen LogP contribution is 2.34. The van der Waals surface area contributed by atoms with E-state index in [1.54, 1.807) is 0 Å². The van der Waals surface area contributed by atoms with Gasteiger partial charge in [-0.1, -0.05) is 24.3 Å². The van der Waals surface area contributed by atoms with Crippen LogP contribution in [0.1, 0.15) is 29.2 Å². The molecule has 2 aromatic rings. The highest BCUT2D eigenvalue weighted by Gasteiger charge is 2.30. The summed E-state index contributed by atoms with van der Waals surface area (Å²) < 4.78 is 37.7. The third kappa shape index (κ3) is 4.02. The summed E-state index contributed by atoms with van der Waals surface area (Å²) in [6.07, 6.45) is -2.42. The molecule has 0 saturated carbocycles. The molecule has 6 heteroatoms. The maximum absolute atomic E-state index is 12.6. The van der Waals surface area contributed by atoms with E-state index in [4.69, 9.17) is 0 Å². The number of aryl methyl sites for hydroxylation is 1. The summed E-state index contributed by atoms with van der Waals surface area (Å²) in [5, 5.41) is 2.65. The molecule has 2 aromatic carbocycles. The molecule has 0 bridgehead atoms. The first-order valence-electron chi connectivity index (χ1n) is 8.10. The fraction of sp³-hybridized carbons (Fsp3) is 0.316. The summed E-state index contributed by atoms with van der Waals surface area (Å²) >= 11 is 0. The lowest BCUT2D eigenvalue weighted by Gasteiger charge is -2.24. The van der Waals surface area contributed by atoms with Crippen LogP contribution in [0.2, 0.25) is 0 Å². The summed E-state index contributed by atoms with van der Waals surface area (Å²) in [7, 11) is 1.89. The second kappa shape index (κ2) is 6.88. The minimum Gasteiger partial charge on any atom is -0.325 e. The molecule has 3 nitrogen and oxygen atoms in total. The van der Waals surface area contributed by atoms with Crippen LogP contribution in [-0.4, -0.2) is 24.4 Å². The Bertz CT molecular complexity index is 756. The normalized spacial score (nSPS) is 16.8. The molecule has 1 amide bonds. The molecular formula is C19H19F3N2O. The lowest BCUT2D eigenvalue weighted by Crippen LogP contribution is -2.32. The van der Waals surface area contributed by atoms with Crippen LogP contribution in [-0.2, 0) is 17.4 Å². The van der Waals surface area contributed by atoms with E-state index in [2.05, 4.69) is 17.4 Å². The lowest BCUT2D eigenvalue weighted by atomic mass is 10.1. The van der Waals surface area contributed by atoms with Gasteiger partial charge in [-0.15, -0.1) is 0 Å². The van der Waals surface area contributed by atoms with Gasteiger partial charge in [-0.05, 0) is 55.3 Å². The monoisotopic (exact) mass is 348 g/mol. The average Bonchev–Trinajstić information content (AvgIpc) is 2.98. The molecule has 0 radical (unpaired) electrons. The van der Waals surface area contributed by atoms with Crippen LogP contribution >= 0.6 is 0 Å². The van der Waals surface area contributed by atoms with Gasteiger partial charge in [0.1, 0.15) is 0 Å². The Morgan fingerprint density at radius 3 is 2.52 bits per heavy atom. The highest BCUT2D eigenvalue weighted by molar-refractivity contribution is 5.92. The minimum absolute atomic E-state index is 0.181. The maximum atomic E-state index is 12.6. The topological polar surface area (TPSA) is 32.3 Å². The zero-order chi connectivity index (χ0) is 18.0.